The zero-order chi connectivity index (χ0) is 13.7. The molecule has 1 aliphatic carbocycles. The minimum absolute atomic E-state index is 0.163. The van der Waals surface area contributed by atoms with Crippen LogP contribution in [-0.2, 0) is 5.60 Å². The Kier molecular flexibility index (Phi) is 2.31. The van der Waals surface area contributed by atoms with Gasteiger partial charge in [0.1, 0.15) is 16.9 Å². The molecular weight excluding hydrogens is 250 g/mol. The van der Waals surface area contributed by atoms with Gasteiger partial charge in [0.15, 0.2) is 0 Å². The summed E-state index contributed by atoms with van der Waals surface area (Å²) in [6.45, 7) is 0. The number of hydrogen-bond acceptors (Lipinski definition) is 3. The Balaban J connectivity index is 1.93. The summed E-state index contributed by atoms with van der Waals surface area (Å²) in [5, 5.41) is 12.1. The summed E-state index contributed by atoms with van der Waals surface area (Å²) in [7, 11) is 0. The molecule has 100 valence electrons. The molecular formula is C17H15NO2. The molecule has 1 aromatic heterocycles. The van der Waals surface area contributed by atoms with Gasteiger partial charge in [-0.2, -0.15) is 0 Å². The van der Waals surface area contributed by atoms with Gasteiger partial charge >= 0.3 is 0 Å². The average Bonchev–Trinajstić information content (AvgIpc) is 3.01. The van der Waals surface area contributed by atoms with E-state index in [-0.39, 0.29) is 6.04 Å². The summed E-state index contributed by atoms with van der Waals surface area (Å²) in [5.41, 5.74) is 7.66. The molecule has 0 bridgehead atoms. The Morgan fingerprint density at radius 1 is 1.10 bits per heavy atom. The van der Waals surface area contributed by atoms with Gasteiger partial charge in [-0.15, -0.1) is 0 Å². The molecule has 0 saturated carbocycles. The first-order chi connectivity index (χ1) is 9.68. The van der Waals surface area contributed by atoms with Crippen LogP contribution in [0, 0.1) is 0 Å². The largest absolute Gasteiger partial charge is 0.458 e. The molecule has 3 heteroatoms. The van der Waals surface area contributed by atoms with Gasteiger partial charge in [-0.05, 0) is 23.3 Å². The first-order valence-corrected chi connectivity index (χ1v) is 6.75. The zero-order valence-electron chi connectivity index (χ0n) is 10.9. The Labute approximate surface area is 116 Å². The van der Waals surface area contributed by atoms with Crippen molar-refractivity contribution in [3.8, 4) is 0 Å². The second-order valence-electron chi connectivity index (χ2n) is 5.41. The van der Waals surface area contributed by atoms with Crippen LogP contribution in [0.15, 0.2) is 59.0 Å². The van der Waals surface area contributed by atoms with Crippen molar-refractivity contribution in [3.63, 3.8) is 0 Å². The molecule has 0 spiro atoms. The van der Waals surface area contributed by atoms with Gasteiger partial charge in [-0.1, -0.05) is 42.5 Å². The summed E-state index contributed by atoms with van der Waals surface area (Å²) in [4.78, 5) is 0. The Morgan fingerprint density at radius 2 is 1.85 bits per heavy atom. The molecule has 0 aliphatic heterocycles. The third kappa shape index (κ3) is 1.48. The molecule has 2 unspecified atom stereocenters. The van der Waals surface area contributed by atoms with Gasteiger partial charge < -0.3 is 15.3 Å². The van der Waals surface area contributed by atoms with Crippen LogP contribution in [0.2, 0.25) is 0 Å². The van der Waals surface area contributed by atoms with E-state index in [1.807, 2.05) is 54.6 Å². The third-order valence-corrected chi connectivity index (χ3v) is 4.15. The van der Waals surface area contributed by atoms with Crippen molar-refractivity contribution in [1.82, 2.24) is 0 Å². The molecule has 3 nitrogen and oxygen atoms in total. The van der Waals surface area contributed by atoms with E-state index in [0.29, 0.717) is 12.2 Å². The van der Waals surface area contributed by atoms with E-state index in [1.54, 1.807) is 0 Å². The lowest BCUT2D eigenvalue weighted by molar-refractivity contribution is 0.0556. The van der Waals surface area contributed by atoms with Crippen molar-refractivity contribution >= 4 is 11.0 Å². The molecule has 3 N–H and O–H groups in total. The van der Waals surface area contributed by atoms with Crippen LogP contribution in [0.25, 0.3) is 11.0 Å². The molecule has 1 heterocycles. The number of furan rings is 1. The van der Waals surface area contributed by atoms with E-state index in [1.165, 1.54) is 0 Å². The van der Waals surface area contributed by atoms with E-state index < -0.39 is 5.60 Å². The predicted molar refractivity (Wildman–Crippen MR) is 77.2 cm³/mol. The van der Waals surface area contributed by atoms with Crippen LogP contribution in [0.1, 0.15) is 29.3 Å². The number of fused-ring (bicyclic) bond motifs is 2. The lowest BCUT2D eigenvalue weighted by Crippen LogP contribution is -2.24. The molecule has 1 aliphatic rings. The summed E-state index contributed by atoms with van der Waals surface area (Å²) in [5.74, 6) is 0.569. The fraction of sp³-hybridized carbons (Fsp3) is 0.176. The molecule has 0 radical (unpaired) electrons. The standard InChI is InChI=1S/C17H15NO2/c18-14-10-17(19,13-7-3-2-6-12(13)14)16-9-11-5-1-4-8-15(11)20-16/h1-9,14,19H,10,18H2. The van der Waals surface area contributed by atoms with Crippen molar-refractivity contribution < 1.29 is 9.52 Å². The number of aliphatic hydroxyl groups is 1. The highest BCUT2D eigenvalue weighted by Gasteiger charge is 2.44. The predicted octanol–water partition coefficient (Wildman–Crippen LogP) is 3.07. The van der Waals surface area contributed by atoms with Gasteiger partial charge in [0.05, 0.1) is 0 Å². The molecule has 0 amide bonds. The maximum atomic E-state index is 11.1. The van der Waals surface area contributed by atoms with Crippen LogP contribution in [0.4, 0.5) is 0 Å². The lowest BCUT2D eigenvalue weighted by Gasteiger charge is -2.21. The van der Waals surface area contributed by atoms with Crippen molar-refractivity contribution in [2.75, 3.05) is 0 Å². The van der Waals surface area contributed by atoms with E-state index in [9.17, 15) is 5.11 Å². The molecule has 4 rings (SSSR count). The quantitative estimate of drug-likeness (QED) is 0.711. The molecule has 0 fully saturated rings. The van der Waals surface area contributed by atoms with E-state index in [2.05, 4.69) is 0 Å². The number of benzene rings is 2. The summed E-state index contributed by atoms with van der Waals surface area (Å²) in [6.07, 6.45) is 0.451. The zero-order valence-corrected chi connectivity index (χ0v) is 10.9. The molecule has 0 saturated heterocycles. The monoisotopic (exact) mass is 265 g/mol. The highest BCUT2D eigenvalue weighted by molar-refractivity contribution is 5.78. The Morgan fingerprint density at radius 3 is 2.70 bits per heavy atom. The van der Waals surface area contributed by atoms with Gasteiger partial charge in [-0.3, -0.25) is 0 Å². The van der Waals surface area contributed by atoms with Crippen molar-refractivity contribution in [1.29, 1.82) is 0 Å². The lowest BCUT2D eigenvalue weighted by atomic mass is 9.93. The van der Waals surface area contributed by atoms with Gasteiger partial charge in [0, 0.05) is 17.8 Å². The first kappa shape index (κ1) is 11.7. The summed E-state index contributed by atoms with van der Waals surface area (Å²) in [6, 6.07) is 17.3. The fourth-order valence-corrected chi connectivity index (χ4v) is 3.15. The van der Waals surface area contributed by atoms with Gasteiger partial charge in [-0.25, -0.2) is 0 Å². The van der Waals surface area contributed by atoms with Crippen molar-refractivity contribution in [3.05, 3.63) is 71.5 Å². The van der Waals surface area contributed by atoms with Gasteiger partial charge in [0.25, 0.3) is 0 Å². The number of rotatable bonds is 1. The fourth-order valence-electron chi connectivity index (χ4n) is 3.15. The SMILES string of the molecule is NC1CC(O)(c2cc3ccccc3o2)c2ccccc21. The normalized spacial score (nSPS) is 25.0. The van der Waals surface area contributed by atoms with Crippen LogP contribution in [-0.4, -0.2) is 5.11 Å². The smallest absolute Gasteiger partial charge is 0.149 e. The molecule has 3 aromatic rings. The number of para-hydroxylation sites is 1. The van der Waals surface area contributed by atoms with Crippen LogP contribution in [0.5, 0.6) is 0 Å². The van der Waals surface area contributed by atoms with Crippen molar-refractivity contribution in [2.45, 2.75) is 18.1 Å². The topological polar surface area (TPSA) is 59.4 Å². The molecule has 2 aromatic carbocycles. The second kappa shape index (κ2) is 3.95. The van der Waals surface area contributed by atoms with E-state index in [0.717, 1.165) is 22.1 Å². The number of hydrogen-bond donors (Lipinski definition) is 2. The van der Waals surface area contributed by atoms with Crippen LogP contribution >= 0.6 is 0 Å². The number of nitrogens with two attached hydrogens (primary N) is 1. The van der Waals surface area contributed by atoms with E-state index >= 15 is 0 Å². The van der Waals surface area contributed by atoms with Crippen LogP contribution in [0.3, 0.4) is 0 Å². The van der Waals surface area contributed by atoms with Gasteiger partial charge in [0.2, 0.25) is 0 Å². The highest BCUT2D eigenvalue weighted by atomic mass is 16.4. The molecule has 2 atom stereocenters. The Hall–Kier alpha value is -2.10. The summed E-state index contributed by atoms with van der Waals surface area (Å²) >= 11 is 0. The highest BCUT2D eigenvalue weighted by Crippen LogP contribution is 2.47. The minimum atomic E-state index is -1.13. The third-order valence-electron chi connectivity index (χ3n) is 4.15. The first-order valence-electron chi connectivity index (χ1n) is 6.75. The Bertz CT molecular complexity index is 759. The van der Waals surface area contributed by atoms with Crippen LogP contribution < -0.4 is 5.73 Å². The maximum absolute atomic E-state index is 11.1. The maximum Gasteiger partial charge on any atom is 0.149 e. The van der Waals surface area contributed by atoms with Crippen molar-refractivity contribution in [2.24, 2.45) is 5.73 Å². The summed E-state index contributed by atoms with van der Waals surface area (Å²) < 4.78 is 5.85. The average molecular weight is 265 g/mol. The molecule has 20 heavy (non-hydrogen) atoms. The van der Waals surface area contributed by atoms with E-state index in [4.69, 9.17) is 10.2 Å². The second-order valence-corrected chi connectivity index (χ2v) is 5.41. The minimum Gasteiger partial charge on any atom is -0.458 e.